The highest BCUT2D eigenvalue weighted by atomic mass is 16.8. The highest BCUT2D eigenvalue weighted by Crippen LogP contribution is 2.40. The molecule has 4 N–H and O–H groups in total. The van der Waals surface area contributed by atoms with Crippen LogP contribution in [0.3, 0.4) is 0 Å². The molecule has 0 radical (unpaired) electrons. The highest BCUT2D eigenvalue weighted by Gasteiger charge is 2.59. The minimum atomic E-state index is -1.00. The molecule has 0 aromatic carbocycles. The van der Waals surface area contributed by atoms with Gasteiger partial charge in [0.1, 0.15) is 24.4 Å². The Hall–Kier alpha value is -3.04. The minimum absolute atomic E-state index is 0.0471. The number of hydrogen-bond donors (Lipinski definition) is 4. The Morgan fingerprint density at radius 3 is 0.944 bits per heavy atom. The second kappa shape index (κ2) is 16.6. The van der Waals surface area contributed by atoms with Crippen molar-refractivity contribution >= 4 is 23.6 Å². The van der Waals surface area contributed by atoms with E-state index in [4.69, 9.17) is 47.4 Å². The van der Waals surface area contributed by atoms with E-state index >= 15 is 0 Å². The summed E-state index contributed by atoms with van der Waals surface area (Å²) in [6.45, 7) is 23.5. The molecule has 6 fully saturated rings. The van der Waals surface area contributed by atoms with E-state index in [1.165, 1.54) is 0 Å². The van der Waals surface area contributed by atoms with Crippen molar-refractivity contribution < 1.29 is 66.5 Å². The zero-order valence-corrected chi connectivity index (χ0v) is 32.3. The van der Waals surface area contributed by atoms with Crippen molar-refractivity contribution in [2.24, 2.45) is 0 Å². The van der Waals surface area contributed by atoms with Gasteiger partial charge >= 0.3 is 0 Å². The molecule has 6 rings (SSSR count). The zero-order valence-electron chi connectivity index (χ0n) is 32.3. The van der Waals surface area contributed by atoms with Gasteiger partial charge in [0, 0.05) is 26.2 Å². The number of hydrogen-bond acceptors (Lipinski definition) is 14. The maximum Gasteiger partial charge on any atom is 0.252 e. The molecule has 6 aliphatic rings. The largest absolute Gasteiger partial charge is 0.371 e. The lowest BCUT2D eigenvalue weighted by molar-refractivity contribution is -0.175. The van der Waals surface area contributed by atoms with Crippen molar-refractivity contribution in [1.29, 1.82) is 0 Å². The van der Waals surface area contributed by atoms with Crippen molar-refractivity contribution in [3.8, 4) is 0 Å². The summed E-state index contributed by atoms with van der Waals surface area (Å²) in [6.07, 6.45) is -3.74. The van der Waals surface area contributed by atoms with Crippen molar-refractivity contribution in [1.82, 2.24) is 21.3 Å². The van der Waals surface area contributed by atoms with Gasteiger partial charge in [-0.3, -0.25) is 19.2 Å². The molecular weight excluding hydrogens is 712 g/mol. The summed E-state index contributed by atoms with van der Waals surface area (Å²) in [5.74, 6) is -5.38. The molecule has 4 amide bonds. The minimum Gasteiger partial charge on any atom is -0.371 e. The van der Waals surface area contributed by atoms with E-state index in [0.717, 1.165) is 0 Å². The van der Waals surface area contributed by atoms with Gasteiger partial charge in [0.05, 0.1) is 25.4 Å². The number of carbonyl (C=O) groups excluding carboxylic acids is 4. The van der Waals surface area contributed by atoms with Gasteiger partial charge in [-0.2, -0.15) is 0 Å². The van der Waals surface area contributed by atoms with Gasteiger partial charge in [-0.15, -0.1) is 13.2 Å². The summed E-state index contributed by atoms with van der Waals surface area (Å²) < 4.78 is 57.2. The van der Waals surface area contributed by atoms with E-state index in [1.807, 2.05) is 0 Å². The van der Waals surface area contributed by atoms with Crippen molar-refractivity contribution in [2.75, 3.05) is 39.4 Å². The number of ether oxygens (including phenoxy) is 10. The maximum atomic E-state index is 12.7. The molecule has 54 heavy (non-hydrogen) atoms. The Labute approximate surface area is 315 Å². The average molecular weight is 769 g/mol. The monoisotopic (exact) mass is 768 g/mol. The predicted molar refractivity (Wildman–Crippen MR) is 187 cm³/mol. The normalized spacial score (nSPS) is 36.2. The Bertz CT molecular complexity index is 1310. The molecule has 6 heterocycles. The molecular formula is C36H56N4O14. The predicted octanol–water partition coefficient (Wildman–Crippen LogP) is -0.312. The molecule has 0 saturated carbocycles. The van der Waals surface area contributed by atoms with Crippen LogP contribution in [-0.4, -0.2) is 147 Å². The van der Waals surface area contributed by atoms with Crippen LogP contribution in [0.25, 0.3) is 0 Å². The van der Waals surface area contributed by atoms with Gasteiger partial charge in [-0.25, -0.2) is 0 Å². The summed E-state index contributed by atoms with van der Waals surface area (Å²) in [7, 11) is 0. The van der Waals surface area contributed by atoms with Gasteiger partial charge in [-0.05, 0) is 55.4 Å². The molecule has 6 unspecified atom stereocenters. The third-order valence-electron chi connectivity index (χ3n) is 8.85. The van der Waals surface area contributed by atoms with Gasteiger partial charge in [0.15, 0.2) is 47.6 Å². The van der Waals surface area contributed by atoms with E-state index < -0.39 is 72.0 Å². The van der Waals surface area contributed by atoms with Crippen LogP contribution in [0.4, 0.5) is 0 Å². The molecule has 10 atom stereocenters. The van der Waals surface area contributed by atoms with Crippen LogP contribution in [0.2, 0.25) is 0 Å². The standard InChI is InChI=1S/C18H28N2O8.C18H28N2O6/c1-17(2)25-11(13(27-17)15(21)19-5-9-7-23-9)12-14(28-18(3,4)26-12)16(22)20-6-10-8-24-10;1-7-9-19-15(21)13-11(23-17(3,4)25-13)12-14(16(22)20-10-8-2)26-18(5,6)24-12/h9-14H,5-8H2,1-4H3,(H,19,21)(H,20,22);7-8,11-14H,1-2,9-10H2,3-6H3,(H,19,21)(H,20,22)/t9?,10?,11?,12?,13-,14+;11?,12?,13-,14+. The first-order chi connectivity index (χ1) is 25.2. The molecule has 0 bridgehead atoms. The SMILES string of the molecule is C=CCNC(=O)[C@H]1OC(C)(C)OC1C1OC(C)(C)O[C@H]1C(=O)NCC=C.CC1(C)OC(C2OC(C)(C)O[C@H]2C(=O)NCC2CO2)[C@@H](C(=O)NCC2CO2)O1. The lowest BCUT2D eigenvalue weighted by Crippen LogP contribution is -2.52. The van der Waals surface area contributed by atoms with Crippen molar-refractivity contribution in [3.63, 3.8) is 0 Å². The van der Waals surface area contributed by atoms with Crippen molar-refractivity contribution in [3.05, 3.63) is 25.3 Å². The van der Waals surface area contributed by atoms with E-state index in [-0.39, 0.29) is 35.8 Å². The first-order valence-corrected chi connectivity index (χ1v) is 18.2. The fourth-order valence-electron chi connectivity index (χ4n) is 6.48. The van der Waals surface area contributed by atoms with E-state index in [9.17, 15) is 19.2 Å². The Balaban J connectivity index is 0.000000208. The van der Waals surface area contributed by atoms with Gasteiger partial charge in [0.2, 0.25) is 0 Å². The number of epoxide rings is 2. The number of rotatable bonds is 14. The smallest absolute Gasteiger partial charge is 0.252 e. The van der Waals surface area contributed by atoms with E-state index in [2.05, 4.69) is 34.4 Å². The van der Waals surface area contributed by atoms with Crippen LogP contribution in [-0.2, 0) is 66.5 Å². The van der Waals surface area contributed by atoms with Crippen LogP contribution >= 0.6 is 0 Å². The van der Waals surface area contributed by atoms with Crippen LogP contribution < -0.4 is 21.3 Å². The van der Waals surface area contributed by atoms with Crippen LogP contribution in [0, 0.1) is 0 Å². The molecule has 304 valence electrons. The fraction of sp³-hybridized carbons (Fsp3) is 0.778. The first kappa shape index (κ1) is 42.1. The second-order valence-electron chi connectivity index (χ2n) is 15.6. The summed E-state index contributed by atoms with van der Waals surface area (Å²) in [6, 6.07) is 0. The Morgan fingerprint density at radius 2 is 0.722 bits per heavy atom. The number of amides is 4. The van der Waals surface area contributed by atoms with Crippen LogP contribution in [0.1, 0.15) is 55.4 Å². The van der Waals surface area contributed by atoms with Gasteiger partial charge in [-0.1, -0.05) is 12.2 Å². The number of carbonyl (C=O) groups is 4. The molecule has 0 aromatic rings. The molecule has 0 aliphatic carbocycles. The van der Waals surface area contributed by atoms with Gasteiger partial charge in [0.25, 0.3) is 23.6 Å². The lowest BCUT2D eigenvalue weighted by atomic mass is 10.0. The highest BCUT2D eigenvalue weighted by molar-refractivity contribution is 5.85. The third kappa shape index (κ3) is 11.0. The Kier molecular flexibility index (Phi) is 12.9. The van der Waals surface area contributed by atoms with Crippen LogP contribution in [0.15, 0.2) is 25.3 Å². The topological polar surface area (TPSA) is 215 Å². The molecule has 0 spiro atoms. The molecule has 18 heteroatoms. The van der Waals surface area contributed by atoms with E-state index in [1.54, 1.807) is 67.5 Å². The maximum absolute atomic E-state index is 12.7. The van der Waals surface area contributed by atoms with Crippen LogP contribution in [0.5, 0.6) is 0 Å². The average Bonchev–Trinajstić information content (AvgIpc) is 3.99. The molecule has 6 aliphatic heterocycles. The summed E-state index contributed by atoms with van der Waals surface area (Å²) >= 11 is 0. The van der Waals surface area contributed by atoms with Crippen molar-refractivity contribution in [2.45, 2.75) is 140 Å². The summed E-state index contributed by atoms with van der Waals surface area (Å²) in [4.78, 5) is 50.4. The lowest BCUT2D eigenvalue weighted by Gasteiger charge is -2.25. The molecule has 0 aromatic heterocycles. The van der Waals surface area contributed by atoms with Gasteiger partial charge < -0.3 is 68.6 Å². The summed E-state index contributed by atoms with van der Waals surface area (Å²) in [5, 5.41) is 11.0. The van der Waals surface area contributed by atoms with E-state index in [0.29, 0.717) is 39.4 Å². The quantitative estimate of drug-likeness (QED) is 0.132. The summed E-state index contributed by atoms with van der Waals surface area (Å²) in [5.41, 5.74) is 0. The fourth-order valence-corrected chi connectivity index (χ4v) is 6.48. The zero-order chi connectivity index (χ0) is 39.6. The number of nitrogens with one attached hydrogen (secondary N) is 4. The molecule has 18 nitrogen and oxygen atoms in total. The second-order valence-corrected chi connectivity index (χ2v) is 15.6. The third-order valence-corrected chi connectivity index (χ3v) is 8.85. The first-order valence-electron chi connectivity index (χ1n) is 18.2. The molecule has 6 saturated heterocycles. The Morgan fingerprint density at radius 1 is 0.481 bits per heavy atom.